The largest absolute Gasteiger partial charge is 0.444 e. The molecule has 0 radical (unpaired) electrons. The molecule has 2 amide bonds. The van der Waals surface area contributed by atoms with Crippen molar-refractivity contribution in [1.82, 2.24) is 24.8 Å². The van der Waals surface area contributed by atoms with Crippen molar-refractivity contribution in [3.05, 3.63) is 66.1 Å². The van der Waals surface area contributed by atoms with Crippen LogP contribution in [0.1, 0.15) is 32.2 Å². The van der Waals surface area contributed by atoms with E-state index in [4.69, 9.17) is 4.74 Å². The zero-order valence-electron chi connectivity index (χ0n) is 21.1. The number of aliphatic hydroxyl groups excluding tert-OH is 1. The molecule has 2 heterocycles. The van der Waals surface area contributed by atoms with E-state index in [-0.39, 0.29) is 12.5 Å². The van der Waals surface area contributed by atoms with Crippen molar-refractivity contribution in [3.63, 3.8) is 0 Å². The summed E-state index contributed by atoms with van der Waals surface area (Å²) in [6, 6.07) is 14.7. The Hall–Kier alpha value is -3.85. The van der Waals surface area contributed by atoms with Crippen LogP contribution in [0.25, 0.3) is 21.9 Å². The summed E-state index contributed by atoms with van der Waals surface area (Å²) in [5, 5.41) is 16.4. The Kier molecular flexibility index (Phi) is 7.30. The van der Waals surface area contributed by atoms with Crippen molar-refractivity contribution in [3.8, 4) is 0 Å². The number of nitrogens with one attached hydrogen (secondary N) is 2. The first-order chi connectivity index (χ1) is 17.2. The number of hydrogen-bond donors (Lipinski definition) is 3. The van der Waals surface area contributed by atoms with Gasteiger partial charge in [0, 0.05) is 43.7 Å². The third kappa shape index (κ3) is 5.68. The van der Waals surface area contributed by atoms with Gasteiger partial charge in [-0.1, -0.05) is 30.3 Å². The van der Waals surface area contributed by atoms with Gasteiger partial charge in [-0.2, -0.15) is 0 Å². The van der Waals surface area contributed by atoms with Gasteiger partial charge >= 0.3 is 6.09 Å². The van der Waals surface area contributed by atoms with Crippen molar-refractivity contribution in [1.29, 1.82) is 0 Å². The van der Waals surface area contributed by atoms with Crippen molar-refractivity contribution in [2.24, 2.45) is 7.05 Å². The number of aliphatic hydroxyl groups is 1. The van der Waals surface area contributed by atoms with E-state index < -0.39 is 17.7 Å². The fourth-order valence-electron chi connectivity index (χ4n) is 4.38. The first kappa shape index (κ1) is 25.2. The third-order valence-corrected chi connectivity index (χ3v) is 5.92. The van der Waals surface area contributed by atoms with Crippen LogP contribution in [0, 0.1) is 0 Å². The van der Waals surface area contributed by atoms with Crippen LogP contribution in [-0.4, -0.2) is 49.4 Å². The van der Waals surface area contributed by atoms with Gasteiger partial charge < -0.3 is 29.6 Å². The lowest BCUT2D eigenvalue weighted by Gasteiger charge is -2.23. The maximum atomic E-state index is 13.3. The Labute approximate surface area is 210 Å². The highest BCUT2D eigenvalue weighted by Gasteiger charge is 2.26. The Morgan fingerprint density at radius 3 is 2.50 bits per heavy atom. The molecule has 9 nitrogen and oxygen atoms in total. The van der Waals surface area contributed by atoms with Crippen molar-refractivity contribution >= 4 is 33.9 Å². The first-order valence-electron chi connectivity index (χ1n) is 12.0. The zero-order valence-corrected chi connectivity index (χ0v) is 21.1. The second-order valence-corrected chi connectivity index (χ2v) is 9.80. The van der Waals surface area contributed by atoms with Gasteiger partial charge in [-0.3, -0.25) is 4.79 Å². The first-order valence-corrected chi connectivity index (χ1v) is 12.0. The second kappa shape index (κ2) is 10.4. The number of aromatic nitrogens is 3. The Bertz CT molecular complexity index is 1380. The molecule has 2 aromatic heterocycles. The van der Waals surface area contributed by atoms with E-state index >= 15 is 0 Å². The summed E-state index contributed by atoms with van der Waals surface area (Å²) in [6.45, 7) is 5.86. The molecule has 0 spiro atoms. The molecule has 190 valence electrons. The van der Waals surface area contributed by atoms with Crippen LogP contribution in [0.4, 0.5) is 4.79 Å². The number of aryl methyl sites for hydroxylation is 1. The van der Waals surface area contributed by atoms with Crippen LogP contribution in [0.2, 0.25) is 0 Å². The minimum Gasteiger partial charge on any atom is -0.444 e. The number of ether oxygens (including phenoxy) is 1. The number of hydrogen-bond acceptors (Lipinski definition) is 5. The van der Waals surface area contributed by atoms with Crippen LogP contribution in [0.5, 0.6) is 0 Å². The topological polar surface area (TPSA) is 110 Å². The highest BCUT2D eigenvalue weighted by atomic mass is 16.6. The van der Waals surface area contributed by atoms with Crippen molar-refractivity contribution < 1.29 is 19.4 Å². The SMILES string of the molecule is Cn1cc(C[C@H](NC(=O)OC(C)(C)C)C(=O)NCCn2c(CO)nc3ccccc32)c2ccccc21. The van der Waals surface area contributed by atoms with Crippen LogP contribution < -0.4 is 10.6 Å². The van der Waals surface area contributed by atoms with Crippen molar-refractivity contribution in [2.75, 3.05) is 6.54 Å². The molecule has 0 saturated carbocycles. The van der Waals surface area contributed by atoms with Gasteiger partial charge in [0.05, 0.1) is 11.0 Å². The van der Waals surface area contributed by atoms with Crippen molar-refractivity contribution in [2.45, 2.75) is 52.0 Å². The molecule has 0 bridgehead atoms. The van der Waals surface area contributed by atoms with E-state index in [0.29, 0.717) is 25.3 Å². The van der Waals surface area contributed by atoms with Crippen LogP contribution in [0.3, 0.4) is 0 Å². The number of carbonyl (C=O) groups excluding carboxylic acids is 2. The summed E-state index contributed by atoms with van der Waals surface area (Å²) in [7, 11) is 1.95. The molecular weight excluding hydrogens is 458 g/mol. The molecule has 36 heavy (non-hydrogen) atoms. The maximum absolute atomic E-state index is 13.3. The predicted molar refractivity (Wildman–Crippen MR) is 138 cm³/mol. The molecule has 4 rings (SSSR count). The lowest BCUT2D eigenvalue weighted by molar-refractivity contribution is -0.123. The number of imidazole rings is 1. The van der Waals surface area contributed by atoms with Gasteiger partial charge in [-0.05, 0) is 44.5 Å². The van der Waals surface area contributed by atoms with Gasteiger partial charge in [0.25, 0.3) is 0 Å². The van der Waals surface area contributed by atoms with E-state index in [1.54, 1.807) is 20.8 Å². The summed E-state index contributed by atoms with van der Waals surface area (Å²) in [5.41, 5.74) is 2.98. The number of rotatable bonds is 8. The average molecular weight is 492 g/mol. The quantitative estimate of drug-likeness (QED) is 0.350. The Morgan fingerprint density at radius 1 is 1.08 bits per heavy atom. The van der Waals surface area contributed by atoms with Gasteiger partial charge in [-0.15, -0.1) is 0 Å². The molecule has 0 fully saturated rings. The number of alkyl carbamates (subject to hydrolysis) is 1. The summed E-state index contributed by atoms with van der Waals surface area (Å²) in [4.78, 5) is 30.3. The average Bonchev–Trinajstić information content (AvgIpc) is 3.35. The molecule has 4 aromatic rings. The molecule has 1 atom stereocenters. The Morgan fingerprint density at radius 2 is 1.78 bits per heavy atom. The Balaban J connectivity index is 1.51. The van der Waals surface area contributed by atoms with Crippen LogP contribution in [-0.2, 0) is 36.2 Å². The van der Waals surface area contributed by atoms with Gasteiger partial charge in [0.2, 0.25) is 5.91 Å². The molecule has 9 heteroatoms. The molecule has 2 aromatic carbocycles. The molecule has 0 aliphatic carbocycles. The number of para-hydroxylation sites is 3. The lowest BCUT2D eigenvalue weighted by Crippen LogP contribution is -2.49. The second-order valence-electron chi connectivity index (χ2n) is 9.80. The lowest BCUT2D eigenvalue weighted by atomic mass is 10.0. The highest BCUT2D eigenvalue weighted by molar-refractivity contribution is 5.88. The summed E-state index contributed by atoms with van der Waals surface area (Å²) in [5.74, 6) is 0.216. The van der Waals surface area contributed by atoms with Gasteiger partial charge in [0.15, 0.2) is 0 Å². The molecule has 0 aliphatic heterocycles. The fraction of sp³-hybridized carbons (Fsp3) is 0.370. The fourth-order valence-corrected chi connectivity index (χ4v) is 4.38. The smallest absolute Gasteiger partial charge is 0.408 e. The molecular formula is C27H33N5O4. The predicted octanol–water partition coefficient (Wildman–Crippen LogP) is 3.27. The van der Waals surface area contributed by atoms with E-state index in [0.717, 1.165) is 27.5 Å². The zero-order chi connectivity index (χ0) is 25.9. The van der Waals surface area contributed by atoms with E-state index in [1.165, 1.54) is 0 Å². The van der Waals surface area contributed by atoms with E-state index in [2.05, 4.69) is 15.6 Å². The number of carbonyl (C=O) groups is 2. The summed E-state index contributed by atoms with van der Waals surface area (Å²) < 4.78 is 9.31. The van der Waals surface area contributed by atoms with E-state index in [1.807, 2.05) is 70.9 Å². The summed E-state index contributed by atoms with van der Waals surface area (Å²) >= 11 is 0. The highest BCUT2D eigenvalue weighted by Crippen LogP contribution is 2.22. The number of benzene rings is 2. The number of amides is 2. The number of nitrogens with zero attached hydrogens (tertiary/aromatic N) is 3. The van der Waals surface area contributed by atoms with Crippen LogP contribution in [0.15, 0.2) is 54.7 Å². The standard InChI is InChI=1S/C27H33N5O4/c1-27(2,3)36-26(35)30-21(15-18-16-31(4)22-11-7-5-9-19(18)22)25(34)28-13-14-32-23-12-8-6-10-20(23)29-24(32)17-33/h5-12,16,21,33H,13-15,17H2,1-4H3,(H,28,34)(H,30,35)/t21-/m0/s1. The van der Waals surface area contributed by atoms with Crippen LogP contribution >= 0.6 is 0 Å². The molecule has 0 saturated heterocycles. The van der Waals surface area contributed by atoms with Gasteiger partial charge in [0.1, 0.15) is 24.1 Å². The third-order valence-electron chi connectivity index (χ3n) is 5.92. The van der Waals surface area contributed by atoms with E-state index in [9.17, 15) is 14.7 Å². The minimum atomic E-state index is -0.831. The maximum Gasteiger partial charge on any atom is 0.408 e. The molecule has 3 N–H and O–H groups in total. The number of fused-ring (bicyclic) bond motifs is 2. The molecule has 0 aliphatic rings. The monoisotopic (exact) mass is 491 g/mol. The van der Waals surface area contributed by atoms with Gasteiger partial charge in [-0.25, -0.2) is 9.78 Å². The minimum absolute atomic E-state index is 0.202. The molecule has 0 unspecified atom stereocenters. The summed E-state index contributed by atoms with van der Waals surface area (Å²) in [6.07, 6.45) is 1.64. The normalized spacial score (nSPS) is 12.6.